The fraction of sp³-hybridized carbons (Fsp3) is 0.0870. The Bertz CT molecular complexity index is 1470. The van der Waals surface area contributed by atoms with Gasteiger partial charge in [-0.15, -0.1) is 11.3 Å². The number of carbonyl (C=O) groups is 1. The Morgan fingerprint density at radius 1 is 1.03 bits per heavy atom. The fourth-order valence-electron chi connectivity index (χ4n) is 3.62. The molecular formula is C23H17FN4O2S. The van der Waals surface area contributed by atoms with E-state index in [9.17, 15) is 14.0 Å². The Kier molecular flexibility index (Phi) is 4.83. The molecule has 2 aromatic carbocycles. The number of aromatic nitrogens is 3. The molecule has 0 atom stereocenters. The highest BCUT2D eigenvalue weighted by Gasteiger charge is 2.15. The zero-order valence-electron chi connectivity index (χ0n) is 16.3. The molecule has 3 aromatic heterocycles. The van der Waals surface area contributed by atoms with Crippen molar-refractivity contribution < 1.29 is 9.18 Å². The summed E-state index contributed by atoms with van der Waals surface area (Å²) in [6.07, 6.45) is 1.56. The standard InChI is InChI=1S/C23H17FN4O2S/c24-17-4-1-3-15(11-17)14-27-21-12-16(22(29)25-13-18-5-2-10-31-18)6-7-19(21)28-20(23(27)30)8-9-26-28/h1-12H,13-14H2,(H,25,29). The van der Waals surface area contributed by atoms with Crippen LogP contribution < -0.4 is 10.9 Å². The first-order chi connectivity index (χ1) is 15.1. The molecule has 0 bridgehead atoms. The van der Waals surface area contributed by atoms with Gasteiger partial charge in [0.2, 0.25) is 0 Å². The van der Waals surface area contributed by atoms with Gasteiger partial charge < -0.3 is 9.88 Å². The maximum atomic E-state index is 13.7. The van der Waals surface area contributed by atoms with Gasteiger partial charge in [-0.3, -0.25) is 9.59 Å². The normalized spacial score (nSPS) is 11.3. The molecule has 3 heterocycles. The zero-order chi connectivity index (χ0) is 21.4. The third kappa shape index (κ3) is 3.62. The number of fused-ring (bicyclic) bond motifs is 3. The summed E-state index contributed by atoms with van der Waals surface area (Å²) < 4.78 is 16.8. The second kappa shape index (κ2) is 7.81. The monoisotopic (exact) mass is 432 g/mol. The Morgan fingerprint density at radius 2 is 1.94 bits per heavy atom. The number of benzene rings is 2. The molecule has 1 N–H and O–H groups in total. The van der Waals surface area contributed by atoms with Crippen molar-refractivity contribution in [1.29, 1.82) is 0 Å². The number of amides is 1. The first-order valence-electron chi connectivity index (χ1n) is 9.65. The van der Waals surface area contributed by atoms with Crippen LogP contribution in [0.3, 0.4) is 0 Å². The van der Waals surface area contributed by atoms with Crippen LogP contribution in [0.4, 0.5) is 4.39 Å². The summed E-state index contributed by atoms with van der Waals surface area (Å²) in [4.78, 5) is 26.9. The van der Waals surface area contributed by atoms with Crippen molar-refractivity contribution in [2.45, 2.75) is 13.1 Å². The minimum Gasteiger partial charge on any atom is -0.347 e. The number of thiophene rings is 1. The SMILES string of the molecule is O=C(NCc1cccs1)c1ccc2c(c1)n(Cc1cccc(F)c1)c(=O)c1ccnn12. The van der Waals surface area contributed by atoms with E-state index in [1.807, 2.05) is 17.5 Å². The van der Waals surface area contributed by atoms with E-state index in [1.165, 1.54) is 12.1 Å². The number of hydrogen-bond acceptors (Lipinski definition) is 4. The lowest BCUT2D eigenvalue weighted by Crippen LogP contribution is -2.25. The van der Waals surface area contributed by atoms with Crippen LogP contribution in [0.5, 0.6) is 0 Å². The quantitative estimate of drug-likeness (QED) is 0.459. The molecule has 5 aromatic rings. The third-order valence-corrected chi connectivity index (χ3v) is 5.97. The largest absolute Gasteiger partial charge is 0.347 e. The second-order valence-corrected chi connectivity index (χ2v) is 8.15. The van der Waals surface area contributed by atoms with Gasteiger partial charge in [0.15, 0.2) is 0 Å². The second-order valence-electron chi connectivity index (χ2n) is 7.12. The number of carbonyl (C=O) groups excluding carboxylic acids is 1. The van der Waals surface area contributed by atoms with Gasteiger partial charge in [0.1, 0.15) is 11.3 Å². The van der Waals surface area contributed by atoms with Gasteiger partial charge in [-0.25, -0.2) is 8.91 Å². The average Bonchev–Trinajstić information content (AvgIpc) is 3.47. The smallest absolute Gasteiger partial charge is 0.277 e. The van der Waals surface area contributed by atoms with Gasteiger partial charge in [0.25, 0.3) is 11.5 Å². The third-order valence-electron chi connectivity index (χ3n) is 5.10. The van der Waals surface area contributed by atoms with E-state index in [2.05, 4.69) is 10.4 Å². The summed E-state index contributed by atoms with van der Waals surface area (Å²) in [5.74, 6) is -0.602. The highest BCUT2D eigenvalue weighted by Crippen LogP contribution is 2.18. The highest BCUT2D eigenvalue weighted by molar-refractivity contribution is 7.09. The maximum Gasteiger partial charge on any atom is 0.277 e. The number of nitrogens with one attached hydrogen (secondary N) is 1. The molecule has 0 spiro atoms. The van der Waals surface area contributed by atoms with Crippen molar-refractivity contribution in [2.75, 3.05) is 0 Å². The van der Waals surface area contributed by atoms with Crippen LogP contribution in [0.1, 0.15) is 20.8 Å². The maximum absolute atomic E-state index is 13.7. The molecule has 6 nitrogen and oxygen atoms in total. The molecule has 1 amide bonds. The van der Waals surface area contributed by atoms with Crippen LogP contribution in [-0.4, -0.2) is 20.1 Å². The lowest BCUT2D eigenvalue weighted by atomic mass is 10.1. The molecule has 8 heteroatoms. The number of hydrogen-bond donors (Lipinski definition) is 1. The van der Waals surface area contributed by atoms with E-state index in [-0.39, 0.29) is 23.8 Å². The Hall–Kier alpha value is -3.78. The van der Waals surface area contributed by atoms with Gasteiger partial charge in [-0.2, -0.15) is 5.10 Å². The van der Waals surface area contributed by atoms with Crippen molar-refractivity contribution in [2.24, 2.45) is 0 Å². The summed E-state index contributed by atoms with van der Waals surface area (Å²) in [5, 5.41) is 9.12. The average molecular weight is 432 g/mol. The van der Waals surface area contributed by atoms with Crippen molar-refractivity contribution in [3.63, 3.8) is 0 Å². The minimum atomic E-state index is -0.367. The Labute approximate surface area is 180 Å². The van der Waals surface area contributed by atoms with Crippen molar-refractivity contribution in [3.05, 3.63) is 104 Å². The molecule has 5 rings (SSSR count). The molecule has 154 valence electrons. The molecule has 0 saturated carbocycles. The number of nitrogens with zero attached hydrogens (tertiary/aromatic N) is 3. The predicted molar refractivity (Wildman–Crippen MR) is 118 cm³/mol. The van der Waals surface area contributed by atoms with E-state index in [4.69, 9.17) is 0 Å². The highest BCUT2D eigenvalue weighted by atomic mass is 32.1. The molecule has 0 aliphatic heterocycles. The van der Waals surface area contributed by atoms with Crippen molar-refractivity contribution in [1.82, 2.24) is 19.5 Å². The Balaban J connectivity index is 1.60. The summed E-state index contributed by atoms with van der Waals surface area (Å²) >= 11 is 1.57. The summed E-state index contributed by atoms with van der Waals surface area (Å²) in [6, 6.07) is 16.8. The van der Waals surface area contributed by atoms with E-state index in [0.717, 1.165) is 4.88 Å². The first kappa shape index (κ1) is 19.2. The molecule has 0 saturated heterocycles. The molecule has 31 heavy (non-hydrogen) atoms. The van der Waals surface area contributed by atoms with Crippen LogP contribution in [0.15, 0.2) is 77.0 Å². The topological polar surface area (TPSA) is 68.4 Å². The van der Waals surface area contributed by atoms with Gasteiger partial charge in [0.05, 0.1) is 30.3 Å². The first-order valence-corrected chi connectivity index (χ1v) is 10.5. The molecular weight excluding hydrogens is 415 g/mol. The van der Waals surface area contributed by atoms with Crippen LogP contribution in [0, 0.1) is 5.82 Å². The van der Waals surface area contributed by atoms with E-state index < -0.39 is 0 Å². The number of halogens is 1. The van der Waals surface area contributed by atoms with E-state index >= 15 is 0 Å². The van der Waals surface area contributed by atoms with Gasteiger partial charge in [-0.05, 0) is 53.4 Å². The zero-order valence-corrected chi connectivity index (χ0v) is 17.1. The summed E-state index contributed by atoms with van der Waals surface area (Å²) in [7, 11) is 0. The van der Waals surface area contributed by atoms with Gasteiger partial charge >= 0.3 is 0 Å². The molecule has 0 unspecified atom stereocenters. The van der Waals surface area contributed by atoms with E-state index in [1.54, 1.807) is 63.0 Å². The summed E-state index contributed by atoms with van der Waals surface area (Å²) in [5.41, 5.74) is 2.48. The minimum absolute atomic E-state index is 0.176. The van der Waals surface area contributed by atoms with Crippen LogP contribution in [0.2, 0.25) is 0 Å². The van der Waals surface area contributed by atoms with Crippen LogP contribution >= 0.6 is 11.3 Å². The lowest BCUT2D eigenvalue weighted by molar-refractivity contribution is 0.0951. The molecule has 0 aliphatic rings. The number of rotatable bonds is 5. The van der Waals surface area contributed by atoms with Crippen LogP contribution in [-0.2, 0) is 13.1 Å². The van der Waals surface area contributed by atoms with Crippen LogP contribution in [0.25, 0.3) is 16.6 Å². The van der Waals surface area contributed by atoms with E-state index in [0.29, 0.717) is 34.2 Å². The van der Waals surface area contributed by atoms with Gasteiger partial charge in [-0.1, -0.05) is 18.2 Å². The van der Waals surface area contributed by atoms with Crippen molar-refractivity contribution >= 4 is 33.8 Å². The Morgan fingerprint density at radius 3 is 2.74 bits per heavy atom. The van der Waals surface area contributed by atoms with Crippen molar-refractivity contribution in [3.8, 4) is 0 Å². The molecule has 0 aliphatic carbocycles. The molecule has 0 fully saturated rings. The predicted octanol–water partition coefficient (Wildman–Crippen LogP) is 3.83. The summed E-state index contributed by atoms with van der Waals surface area (Å²) in [6.45, 7) is 0.609. The van der Waals surface area contributed by atoms with Gasteiger partial charge in [0, 0.05) is 10.4 Å². The fourth-order valence-corrected chi connectivity index (χ4v) is 4.27. The molecule has 0 radical (unpaired) electrons. The lowest BCUT2D eigenvalue weighted by Gasteiger charge is -2.13.